The van der Waals surface area contributed by atoms with Gasteiger partial charge in [0.05, 0.1) is 11.5 Å². The summed E-state index contributed by atoms with van der Waals surface area (Å²) in [6, 6.07) is 4.28. The zero-order valence-corrected chi connectivity index (χ0v) is 17.0. The average molecular weight is 405 g/mol. The predicted octanol–water partition coefficient (Wildman–Crippen LogP) is 0.861. The molecule has 29 heavy (non-hydrogen) atoms. The van der Waals surface area contributed by atoms with Gasteiger partial charge in [-0.2, -0.15) is 0 Å². The van der Waals surface area contributed by atoms with Gasteiger partial charge in [0.15, 0.2) is 0 Å². The van der Waals surface area contributed by atoms with Crippen LogP contribution in [0.15, 0.2) is 18.2 Å². The summed E-state index contributed by atoms with van der Waals surface area (Å²) >= 11 is 0. The molecule has 0 atom stereocenters. The maximum absolute atomic E-state index is 12.4. The number of carbonyl (C=O) groups excluding carboxylic acids is 3. The van der Waals surface area contributed by atoms with Gasteiger partial charge < -0.3 is 20.0 Å². The quantitative estimate of drug-likeness (QED) is 0.531. The van der Waals surface area contributed by atoms with Crippen LogP contribution in [0.5, 0.6) is 0 Å². The topological polar surface area (TPSA) is 116 Å². The highest BCUT2D eigenvalue weighted by molar-refractivity contribution is 5.97. The third kappa shape index (κ3) is 5.43. The molecule has 3 amide bonds. The maximum Gasteiger partial charge on any atom is 0.293 e. The van der Waals surface area contributed by atoms with E-state index in [1.54, 1.807) is 15.9 Å². The van der Waals surface area contributed by atoms with Crippen LogP contribution in [0.3, 0.4) is 0 Å². The monoisotopic (exact) mass is 405 g/mol. The number of anilines is 1. The van der Waals surface area contributed by atoms with Crippen LogP contribution < -0.4 is 10.2 Å². The largest absolute Gasteiger partial charge is 0.362 e. The van der Waals surface area contributed by atoms with Gasteiger partial charge in [0, 0.05) is 57.8 Å². The van der Waals surface area contributed by atoms with Crippen LogP contribution in [0, 0.1) is 10.1 Å². The summed E-state index contributed by atoms with van der Waals surface area (Å²) in [6.07, 6.45) is 0. The summed E-state index contributed by atoms with van der Waals surface area (Å²) in [7, 11) is 0. The van der Waals surface area contributed by atoms with Crippen LogP contribution in [0.25, 0.3) is 0 Å². The fourth-order valence-corrected chi connectivity index (χ4v) is 3.29. The number of hydrogen-bond acceptors (Lipinski definition) is 6. The molecule has 10 nitrogen and oxygen atoms in total. The van der Waals surface area contributed by atoms with Gasteiger partial charge in [-0.15, -0.1) is 0 Å². The molecular formula is C19H27N5O5. The van der Waals surface area contributed by atoms with Crippen LogP contribution >= 0.6 is 0 Å². The molecule has 1 aliphatic rings. The highest BCUT2D eigenvalue weighted by Gasteiger charge is 2.26. The van der Waals surface area contributed by atoms with E-state index in [0.29, 0.717) is 45.0 Å². The maximum atomic E-state index is 12.4. The lowest BCUT2D eigenvalue weighted by atomic mass is 10.1. The van der Waals surface area contributed by atoms with Crippen molar-refractivity contribution in [2.75, 3.05) is 50.7 Å². The Bertz CT molecular complexity index is 785. The first-order chi connectivity index (χ1) is 13.8. The third-order valence-electron chi connectivity index (χ3n) is 5.02. The fraction of sp³-hybridized carbons (Fsp3) is 0.526. The van der Waals surface area contributed by atoms with Crippen molar-refractivity contribution in [1.82, 2.24) is 15.1 Å². The van der Waals surface area contributed by atoms with Gasteiger partial charge in [0.1, 0.15) is 5.69 Å². The Morgan fingerprint density at radius 1 is 1.14 bits per heavy atom. The lowest BCUT2D eigenvalue weighted by Crippen LogP contribution is -2.48. The van der Waals surface area contributed by atoms with E-state index in [0.717, 1.165) is 0 Å². The molecule has 0 radical (unpaired) electrons. The Morgan fingerprint density at radius 3 is 2.28 bits per heavy atom. The number of nitro benzene ring substituents is 1. The fourth-order valence-electron chi connectivity index (χ4n) is 3.29. The van der Waals surface area contributed by atoms with Gasteiger partial charge in [-0.1, -0.05) is 0 Å². The number of hydrogen-bond donors (Lipinski definition) is 1. The molecule has 1 fully saturated rings. The molecule has 1 saturated heterocycles. The number of likely N-dealkylation sites (N-methyl/N-ethyl adjacent to an activating group) is 1. The minimum atomic E-state index is -0.540. The average Bonchev–Trinajstić information content (AvgIpc) is 2.72. The second-order valence-corrected chi connectivity index (χ2v) is 6.70. The third-order valence-corrected chi connectivity index (χ3v) is 5.02. The van der Waals surface area contributed by atoms with Crippen LogP contribution in [0.1, 0.15) is 31.1 Å². The van der Waals surface area contributed by atoms with Gasteiger partial charge in [-0.25, -0.2) is 0 Å². The van der Waals surface area contributed by atoms with E-state index in [9.17, 15) is 24.5 Å². The van der Waals surface area contributed by atoms with Crippen LogP contribution in [0.4, 0.5) is 11.4 Å². The van der Waals surface area contributed by atoms with E-state index < -0.39 is 10.8 Å². The summed E-state index contributed by atoms with van der Waals surface area (Å²) in [5, 5.41) is 14.1. The molecule has 0 aromatic heterocycles. The van der Waals surface area contributed by atoms with Crippen molar-refractivity contribution in [2.24, 2.45) is 0 Å². The zero-order chi connectivity index (χ0) is 21.6. The molecule has 2 rings (SSSR count). The van der Waals surface area contributed by atoms with Gasteiger partial charge in [0.25, 0.3) is 11.6 Å². The Kier molecular flexibility index (Phi) is 7.52. The van der Waals surface area contributed by atoms with Gasteiger partial charge in [-0.05, 0) is 26.0 Å². The molecule has 0 unspecified atom stereocenters. The zero-order valence-electron chi connectivity index (χ0n) is 17.0. The Balaban J connectivity index is 2.11. The van der Waals surface area contributed by atoms with E-state index in [2.05, 4.69) is 5.32 Å². The Labute approximate surface area is 169 Å². The number of piperazine rings is 1. The van der Waals surface area contributed by atoms with Crippen molar-refractivity contribution in [3.63, 3.8) is 0 Å². The number of nitrogens with one attached hydrogen (secondary N) is 1. The smallest absolute Gasteiger partial charge is 0.293 e. The first kappa shape index (κ1) is 22.1. The van der Waals surface area contributed by atoms with E-state index in [4.69, 9.17) is 0 Å². The first-order valence-electron chi connectivity index (χ1n) is 9.63. The molecule has 1 aliphatic heterocycles. The van der Waals surface area contributed by atoms with Crippen molar-refractivity contribution in [3.8, 4) is 0 Å². The van der Waals surface area contributed by atoms with Gasteiger partial charge in [0.2, 0.25) is 11.8 Å². The summed E-state index contributed by atoms with van der Waals surface area (Å²) in [5.41, 5.74) is 0.355. The van der Waals surface area contributed by atoms with E-state index in [1.165, 1.54) is 19.1 Å². The van der Waals surface area contributed by atoms with Crippen molar-refractivity contribution >= 4 is 29.1 Å². The summed E-state index contributed by atoms with van der Waals surface area (Å²) in [6.45, 7) is 8.05. The molecule has 1 heterocycles. The van der Waals surface area contributed by atoms with Crippen molar-refractivity contribution in [1.29, 1.82) is 0 Å². The molecule has 0 spiro atoms. The Hall–Kier alpha value is -3.17. The predicted molar refractivity (Wildman–Crippen MR) is 108 cm³/mol. The summed E-state index contributed by atoms with van der Waals surface area (Å²) in [5.74, 6) is -0.773. The minimum absolute atomic E-state index is 0.0228. The molecular weight excluding hydrogens is 378 g/mol. The second-order valence-electron chi connectivity index (χ2n) is 6.70. The van der Waals surface area contributed by atoms with Crippen molar-refractivity contribution in [3.05, 3.63) is 33.9 Å². The first-order valence-corrected chi connectivity index (χ1v) is 9.63. The SMILES string of the molecule is CCN(CC)C(=O)CNC(=O)c1ccc(N2CCN(C(C)=O)CC2)c([N+](=O)[O-])c1. The molecule has 0 aliphatic carbocycles. The number of nitro groups is 1. The van der Waals surface area contributed by atoms with Gasteiger partial charge >= 0.3 is 0 Å². The molecule has 10 heteroatoms. The lowest BCUT2D eigenvalue weighted by molar-refractivity contribution is -0.384. The second kappa shape index (κ2) is 9.85. The van der Waals surface area contributed by atoms with Crippen molar-refractivity contribution < 1.29 is 19.3 Å². The molecule has 0 bridgehead atoms. The van der Waals surface area contributed by atoms with E-state index in [1.807, 2.05) is 18.7 Å². The standard InChI is InChI=1S/C19H27N5O5/c1-4-21(5-2)18(26)13-20-19(27)15-6-7-16(17(12-15)24(28)29)23-10-8-22(9-11-23)14(3)25/h6-7,12H,4-5,8-11,13H2,1-3H3,(H,20,27). The molecule has 1 N–H and O–H groups in total. The molecule has 158 valence electrons. The van der Waals surface area contributed by atoms with Crippen LogP contribution in [0.2, 0.25) is 0 Å². The minimum Gasteiger partial charge on any atom is -0.362 e. The molecule has 1 aromatic rings. The van der Waals surface area contributed by atoms with Crippen LogP contribution in [-0.2, 0) is 9.59 Å². The highest BCUT2D eigenvalue weighted by atomic mass is 16.6. The van der Waals surface area contributed by atoms with Crippen molar-refractivity contribution in [2.45, 2.75) is 20.8 Å². The van der Waals surface area contributed by atoms with Gasteiger partial charge in [-0.3, -0.25) is 24.5 Å². The summed E-state index contributed by atoms with van der Waals surface area (Å²) < 4.78 is 0. The molecule has 1 aromatic carbocycles. The lowest BCUT2D eigenvalue weighted by Gasteiger charge is -2.35. The molecule has 0 saturated carbocycles. The normalized spacial score (nSPS) is 13.8. The Morgan fingerprint density at radius 2 is 1.76 bits per heavy atom. The van der Waals surface area contributed by atoms with E-state index in [-0.39, 0.29) is 29.6 Å². The summed E-state index contributed by atoms with van der Waals surface area (Å²) in [4.78, 5) is 52.0. The number of carbonyl (C=O) groups is 3. The number of nitrogens with zero attached hydrogens (tertiary/aromatic N) is 4. The number of benzene rings is 1. The highest BCUT2D eigenvalue weighted by Crippen LogP contribution is 2.30. The van der Waals surface area contributed by atoms with E-state index >= 15 is 0 Å². The number of amides is 3. The number of rotatable bonds is 7. The van der Waals surface area contributed by atoms with Crippen LogP contribution in [-0.4, -0.2) is 78.3 Å².